The van der Waals surface area contributed by atoms with Crippen molar-refractivity contribution >= 4 is 12.3 Å². The fourth-order valence-electron chi connectivity index (χ4n) is 3.14. The summed E-state index contributed by atoms with van der Waals surface area (Å²) in [6, 6.07) is 8.78. The van der Waals surface area contributed by atoms with Crippen LogP contribution in [0.4, 0.5) is 0 Å². The first-order valence-corrected chi connectivity index (χ1v) is 9.08. The van der Waals surface area contributed by atoms with E-state index in [1.165, 1.54) is 6.42 Å². The Morgan fingerprint density at radius 1 is 1.15 bits per heavy atom. The van der Waals surface area contributed by atoms with Crippen molar-refractivity contribution in [2.24, 2.45) is 0 Å². The molecule has 0 radical (unpaired) electrons. The molecular formula is C21H23NO4. The second kappa shape index (κ2) is 8.61. The third kappa shape index (κ3) is 4.28. The molecule has 136 valence electrons. The van der Waals surface area contributed by atoms with E-state index in [0.717, 1.165) is 43.2 Å². The van der Waals surface area contributed by atoms with Gasteiger partial charge in [-0.2, -0.15) is 0 Å². The van der Waals surface area contributed by atoms with E-state index in [1.807, 2.05) is 6.07 Å². The number of pyridine rings is 1. The van der Waals surface area contributed by atoms with Gasteiger partial charge in [0.1, 0.15) is 18.6 Å². The summed E-state index contributed by atoms with van der Waals surface area (Å²) in [5.74, 6) is 0.268. The van der Waals surface area contributed by atoms with Crippen LogP contribution in [0.5, 0.6) is 5.75 Å². The molecule has 0 fully saturated rings. The average molecular weight is 353 g/mol. The van der Waals surface area contributed by atoms with Crippen LogP contribution in [0, 0.1) is 0 Å². The van der Waals surface area contributed by atoms with Crippen LogP contribution in [0.15, 0.2) is 30.3 Å². The number of hydrogen-bond acceptors (Lipinski definition) is 5. The summed E-state index contributed by atoms with van der Waals surface area (Å²) in [6.07, 6.45) is 6.08. The van der Waals surface area contributed by atoms with E-state index in [0.29, 0.717) is 29.2 Å². The summed E-state index contributed by atoms with van der Waals surface area (Å²) in [4.78, 5) is 27.9. The lowest BCUT2D eigenvalue weighted by atomic mass is 10.0. The van der Waals surface area contributed by atoms with Gasteiger partial charge in [0.25, 0.3) is 0 Å². The standard InChI is InChI=1S/C21H23NO4/c1-2-25-21(24)18-12-16-6-4-3-5-7-19(16)22-20(18)14-26-17-10-8-15(13-23)9-11-17/h8-13H,2-7,14H2,1H3. The minimum Gasteiger partial charge on any atom is -0.487 e. The number of aromatic nitrogens is 1. The summed E-state index contributed by atoms with van der Waals surface area (Å²) in [5.41, 5.74) is 3.88. The number of benzene rings is 1. The molecule has 0 saturated carbocycles. The van der Waals surface area contributed by atoms with E-state index in [1.54, 1.807) is 31.2 Å². The molecule has 0 saturated heterocycles. The van der Waals surface area contributed by atoms with Crippen LogP contribution in [-0.4, -0.2) is 23.8 Å². The van der Waals surface area contributed by atoms with Gasteiger partial charge in [0.2, 0.25) is 0 Å². The van der Waals surface area contributed by atoms with Gasteiger partial charge in [-0.25, -0.2) is 4.79 Å². The number of carbonyl (C=O) groups excluding carboxylic acids is 2. The zero-order valence-electron chi connectivity index (χ0n) is 15.0. The van der Waals surface area contributed by atoms with Crippen molar-refractivity contribution in [3.8, 4) is 5.75 Å². The minimum atomic E-state index is -0.359. The van der Waals surface area contributed by atoms with Crippen LogP contribution < -0.4 is 4.74 Å². The molecular weight excluding hydrogens is 330 g/mol. The van der Waals surface area contributed by atoms with E-state index < -0.39 is 0 Å². The number of nitrogens with zero attached hydrogens (tertiary/aromatic N) is 1. The number of carbonyl (C=O) groups is 2. The third-order valence-electron chi connectivity index (χ3n) is 4.52. The molecule has 1 aliphatic rings. The zero-order valence-corrected chi connectivity index (χ0v) is 15.0. The molecule has 0 aliphatic heterocycles. The largest absolute Gasteiger partial charge is 0.487 e. The molecule has 0 bridgehead atoms. The third-order valence-corrected chi connectivity index (χ3v) is 4.52. The molecule has 26 heavy (non-hydrogen) atoms. The molecule has 5 nitrogen and oxygen atoms in total. The van der Waals surface area contributed by atoms with E-state index >= 15 is 0 Å². The molecule has 0 amide bonds. The number of aldehydes is 1. The van der Waals surface area contributed by atoms with Crippen LogP contribution >= 0.6 is 0 Å². The number of hydrogen-bond donors (Lipinski definition) is 0. The highest BCUT2D eigenvalue weighted by Crippen LogP contribution is 2.23. The summed E-state index contributed by atoms with van der Waals surface area (Å²) < 4.78 is 11.0. The Bertz CT molecular complexity index is 783. The zero-order chi connectivity index (χ0) is 18.4. The summed E-state index contributed by atoms with van der Waals surface area (Å²) in [7, 11) is 0. The maximum Gasteiger partial charge on any atom is 0.340 e. The number of rotatable bonds is 6. The summed E-state index contributed by atoms with van der Waals surface area (Å²) in [5, 5.41) is 0. The Morgan fingerprint density at radius 3 is 2.65 bits per heavy atom. The van der Waals surface area contributed by atoms with Crippen LogP contribution in [-0.2, 0) is 24.2 Å². The van der Waals surface area contributed by atoms with Gasteiger partial charge in [-0.3, -0.25) is 9.78 Å². The number of ether oxygens (including phenoxy) is 2. The van der Waals surface area contributed by atoms with Crippen LogP contribution in [0.3, 0.4) is 0 Å². The SMILES string of the molecule is CCOC(=O)c1cc2c(nc1COc1ccc(C=O)cc1)CCCCC2. The van der Waals surface area contributed by atoms with Crippen molar-refractivity contribution in [3.05, 3.63) is 58.4 Å². The lowest BCUT2D eigenvalue weighted by molar-refractivity contribution is 0.0522. The molecule has 0 spiro atoms. The monoisotopic (exact) mass is 353 g/mol. The highest BCUT2D eigenvalue weighted by Gasteiger charge is 2.20. The first kappa shape index (κ1) is 18.1. The Labute approximate surface area is 153 Å². The molecule has 0 unspecified atom stereocenters. The molecule has 1 aliphatic carbocycles. The van der Waals surface area contributed by atoms with Crippen molar-refractivity contribution in [1.82, 2.24) is 4.98 Å². The Hall–Kier alpha value is -2.69. The predicted molar refractivity (Wildman–Crippen MR) is 97.6 cm³/mol. The molecule has 0 N–H and O–H groups in total. The Morgan fingerprint density at radius 2 is 1.92 bits per heavy atom. The summed E-state index contributed by atoms with van der Waals surface area (Å²) >= 11 is 0. The van der Waals surface area contributed by atoms with Crippen molar-refractivity contribution in [1.29, 1.82) is 0 Å². The first-order valence-electron chi connectivity index (χ1n) is 9.08. The topological polar surface area (TPSA) is 65.5 Å². The minimum absolute atomic E-state index is 0.182. The maximum absolute atomic E-state index is 12.4. The molecule has 0 atom stereocenters. The van der Waals surface area contributed by atoms with Crippen LogP contribution in [0.1, 0.15) is 63.9 Å². The van der Waals surface area contributed by atoms with Crippen molar-refractivity contribution < 1.29 is 19.1 Å². The molecule has 3 rings (SSSR count). The van der Waals surface area contributed by atoms with Crippen molar-refractivity contribution in [2.75, 3.05) is 6.61 Å². The Kier molecular flexibility index (Phi) is 6.00. The van der Waals surface area contributed by atoms with Gasteiger partial charge < -0.3 is 9.47 Å². The highest BCUT2D eigenvalue weighted by molar-refractivity contribution is 5.90. The number of esters is 1. The molecule has 1 heterocycles. The van der Waals surface area contributed by atoms with E-state index in [9.17, 15) is 9.59 Å². The lowest BCUT2D eigenvalue weighted by Crippen LogP contribution is -2.14. The normalized spacial score (nSPS) is 13.4. The second-order valence-corrected chi connectivity index (χ2v) is 6.35. The predicted octanol–water partition coefficient (Wildman–Crippen LogP) is 3.92. The molecule has 5 heteroatoms. The quantitative estimate of drug-likeness (QED) is 0.447. The van der Waals surface area contributed by atoms with E-state index in [4.69, 9.17) is 14.5 Å². The van der Waals surface area contributed by atoms with Gasteiger partial charge in [-0.15, -0.1) is 0 Å². The van der Waals surface area contributed by atoms with Gasteiger partial charge in [-0.1, -0.05) is 6.42 Å². The number of aryl methyl sites for hydroxylation is 2. The maximum atomic E-state index is 12.4. The smallest absolute Gasteiger partial charge is 0.340 e. The van der Waals surface area contributed by atoms with Gasteiger partial charge in [0, 0.05) is 11.3 Å². The second-order valence-electron chi connectivity index (χ2n) is 6.35. The van der Waals surface area contributed by atoms with Crippen molar-refractivity contribution in [3.63, 3.8) is 0 Å². The van der Waals surface area contributed by atoms with E-state index in [2.05, 4.69) is 0 Å². The van der Waals surface area contributed by atoms with Gasteiger partial charge in [0.15, 0.2) is 0 Å². The lowest BCUT2D eigenvalue weighted by Gasteiger charge is -2.14. The molecule has 1 aromatic heterocycles. The first-order chi connectivity index (χ1) is 12.7. The highest BCUT2D eigenvalue weighted by atomic mass is 16.5. The van der Waals surface area contributed by atoms with Crippen molar-refractivity contribution in [2.45, 2.75) is 45.6 Å². The van der Waals surface area contributed by atoms with Crippen LogP contribution in [0.2, 0.25) is 0 Å². The fraction of sp³-hybridized carbons (Fsp3) is 0.381. The number of fused-ring (bicyclic) bond motifs is 1. The fourth-order valence-corrected chi connectivity index (χ4v) is 3.14. The summed E-state index contributed by atoms with van der Waals surface area (Å²) in [6.45, 7) is 2.30. The van der Waals surface area contributed by atoms with Gasteiger partial charge in [-0.05, 0) is 68.5 Å². The molecule has 2 aromatic rings. The van der Waals surface area contributed by atoms with E-state index in [-0.39, 0.29) is 12.6 Å². The Balaban J connectivity index is 1.86. The average Bonchev–Trinajstić information content (AvgIpc) is 2.91. The molecule has 1 aromatic carbocycles. The van der Waals surface area contributed by atoms with Gasteiger partial charge in [0.05, 0.1) is 17.9 Å². The van der Waals surface area contributed by atoms with Crippen LogP contribution in [0.25, 0.3) is 0 Å². The van der Waals surface area contributed by atoms with Gasteiger partial charge >= 0.3 is 5.97 Å².